The van der Waals surface area contributed by atoms with Crippen molar-refractivity contribution < 1.29 is 9.53 Å². The molecule has 0 unspecified atom stereocenters. The predicted octanol–water partition coefficient (Wildman–Crippen LogP) is 6.32. The third kappa shape index (κ3) is 4.63. The van der Waals surface area contributed by atoms with E-state index >= 15 is 0 Å². The number of methoxy groups -OCH3 is 1. The lowest BCUT2D eigenvalue weighted by Crippen LogP contribution is -2.37. The van der Waals surface area contributed by atoms with E-state index in [9.17, 15) is 4.79 Å². The zero-order valence-corrected chi connectivity index (χ0v) is 21.4. The van der Waals surface area contributed by atoms with Crippen LogP contribution in [-0.4, -0.2) is 39.6 Å². The molecule has 35 heavy (non-hydrogen) atoms. The molecule has 6 nitrogen and oxygen atoms in total. The van der Waals surface area contributed by atoms with E-state index in [2.05, 4.69) is 23.2 Å². The van der Waals surface area contributed by atoms with Crippen LogP contribution in [0.1, 0.15) is 12.5 Å². The Balaban J connectivity index is 1.52. The Morgan fingerprint density at radius 3 is 2.63 bits per heavy atom. The van der Waals surface area contributed by atoms with Crippen LogP contribution in [-0.2, 0) is 11.2 Å². The lowest BCUT2D eigenvalue weighted by molar-refractivity contribution is -0.116. The van der Waals surface area contributed by atoms with Gasteiger partial charge in [0, 0.05) is 27.3 Å². The summed E-state index contributed by atoms with van der Waals surface area (Å²) in [5, 5.41) is 10.6. The minimum absolute atomic E-state index is 0.0179. The van der Waals surface area contributed by atoms with Crippen molar-refractivity contribution >= 4 is 46.6 Å². The Kier molecular flexibility index (Phi) is 6.73. The van der Waals surface area contributed by atoms with Gasteiger partial charge in [0.05, 0.1) is 18.6 Å². The Morgan fingerprint density at radius 1 is 1.03 bits per heavy atom. The van der Waals surface area contributed by atoms with Gasteiger partial charge in [-0.25, -0.2) is 0 Å². The number of aromatic nitrogens is 3. The standard InChI is InChI=1S/C26H22Cl2N4O2S/c1-16-12-17-6-3-4-9-21(17)31(16)24(33)15-35-26-30-29-25(18-7-5-8-19(27)13-18)32(26)22-14-20(28)10-11-23(22)34-2/h3-11,13-14,16H,12,15H2,1-2H3/t16-/m1/s1. The smallest absolute Gasteiger partial charge is 0.237 e. The van der Waals surface area contributed by atoms with Crippen LogP contribution in [0, 0.1) is 0 Å². The highest BCUT2D eigenvalue weighted by atomic mass is 35.5. The van der Waals surface area contributed by atoms with Gasteiger partial charge in [0.25, 0.3) is 0 Å². The Labute approximate surface area is 217 Å². The van der Waals surface area contributed by atoms with E-state index in [0.29, 0.717) is 32.5 Å². The summed E-state index contributed by atoms with van der Waals surface area (Å²) in [5.74, 6) is 1.40. The van der Waals surface area contributed by atoms with Crippen LogP contribution in [0.25, 0.3) is 17.1 Å². The number of hydrogen-bond donors (Lipinski definition) is 0. The maximum atomic E-state index is 13.3. The Bertz CT molecular complexity index is 1410. The highest BCUT2D eigenvalue weighted by molar-refractivity contribution is 7.99. The summed E-state index contributed by atoms with van der Waals surface area (Å²) < 4.78 is 7.47. The lowest BCUT2D eigenvalue weighted by Gasteiger charge is -2.22. The summed E-state index contributed by atoms with van der Waals surface area (Å²) in [4.78, 5) is 15.2. The molecule has 0 fully saturated rings. The minimum atomic E-state index is 0.0179. The van der Waals surface area contributed by atoms with E-state index in [4.69, 9.17) is 27.9 Å². The van der Waals surface area contributed by atoms with Crippen molar-refractivity contribution in [1.29, 1.82) is 0 Å². The van der Waals surface area contributed by atoms with E-state index in [1.54, 1.807) is 31.4 Å². The number of nitrogens with zero attached hydrogens (tertiary/aromatic N) is 4. The van der Waals surface area contributed by atoms with Gasteiger partial charge in [-0.15, -0.1) is 10.2 Å². The summed E-state index contributed by atoms with van der Waals surface area (Å²) in [6.07, 6.45) is 0.849. The number of benzene rings is 3. The number of halogens is 2. The van der Waals surface area contributed by atoms with E-state index in [0.717, 1.165) is 17.7 Å². The van der Waals surface area contributed by atoms with Crippen LogP contribution in [0.3, 0.4) is 0 Å². The monoisotopic (exact) mass is 524 g/mol. The molecule has 0 aliphatic carbocycles. The highest BCUT2D eigenvalue weighted by Gasteiger charge is 2.31. The number of ether oxygens (including phenoxy) is 1. The molecule has 9 heteroatoms. The van der Waals surface area contributed by atoms with Crippen molar-refractivity contribution in [2.45, 2.75) is 24.5 Å². The lowest BCUT2D eigenvalue weighted by atomic mass is 10.1. The van der Waals surface area contributed by atoms with Crippen molar-refractivity contribution in [2.75, 3.05) is 17.8 Å². The van der Waals surface area contributed by atoms with Crippen molar-refractivity contribution in [3.63, 3.8) is 0 Å². The van der Waals surface area contributed by atoms with Crippen LogP contribution in [0.2, 0.25) is 10.0 Å². The van der Waals surface area contributed by atoms with Crippen LogP contribution in [0.4, 0.5) is 5.69 Å². The Morgan fingerprint density at radius 2 is 1.83 bits per heavy atom. The van der Waals surface area contributed by atoms with E-state index < -0.39 is 0 Å². The number of carbonyl (C=O) groups excluding carboxylic acids is 1. The van der Waals surface area contributed by atoms with Gasteiger partial charge in [-0.05, 0) is 55.3 Å². The fourth-order valence-corrected chi connectivity index (χ4v) is 5.54. The maximum absolute atomic E-state index is 13.3. The molecule has 1 atom stereocenters. The van der Waals surface area contributed by atoms with Gasteiger partial charge in [-0.3, -0.25) is 9.36 Å². The first-order valence-corrected chi connectivity index (χ1v) is 12.8. The van der Waals surface area contributed by atoms with Gasteiger partial charge in [0.1, 0.15) is 5.75 Å². The molecule has 5 rings (SSSR count). The summed E-state index contributed by atoms with van der Waals surface area (Å²) in [5.41, 5.74) is 3.62. The van der Waals surface area contributed by atoms with Gasteiger partial charge in [-0.2, -0.15) is 0 Å². The van der Waals surface area contributed by atoms with Crippen LogP contribution in [0.15, 0.2) is 71.9 Å². The number of hydrogen-bond acceptors (Lipinski definition) is 5. The second kappa shape index (κ2) is 9.93. The number of thioether (sulfide) groups is 1. The number of carbonyl (C=O) groups is 1. The molecule has 1 amide bonds. The molecule has 0 saturated carbocycles. The molecular weight excluding hydrogens is 503 g/mol. The van der Waals surface area contributed by atoms with Crippen LogP contribution >= 0.6 is 35.0 Å². The average molecular weight is 525 g/mol. The molecule has 178 valence electrons. The number of para-hydroxylation sites is 1. The minimum Gasteiger partial charge on any atom is -0.495 e. The molecule has 2 heterocycles. The largest absolute Gasteiger partial charge is 0.495 e. The molecule has 0 spiro atoms. The van der Waals surface area contributed by atoms with Crippen molar-refractivity contribution in [1.82, 2.24) is 14.8 Å². The second-order valence-electron chi connectivity index (χ2n) is 8.20. The molecular formula is C26H22Cl2N4O2S. The van der Waals surface area contributed by atoms with Crippen LogP contribution in [0.5, 0.6) is 5.75 Å². The number of rotatable bonds is 6. The number of anilines is 1. The zero-order valence-electron chi connectivity index (χ0n) is 19.1. The number of amides is 1. The van der Waals surface area contributed by atoms with E-state index in [-0.39, 0.29) is 17.7 Å². The fraction of sp³-hybridized carbons (Fsp3) is 0.192. The average Bonchev–Trinajstić information content (AvgIpc) is 3.42. The molecule has 0 radical (unpaired) electrons. The van der Waals surface area contributed by atoms with E-state index in [1.165, 1.54) is 17.3 Å². The Hall–Kier alpha value is -3.00. The summed E-state index contributed by atoms with van der Waals surface area (Å²) in [6, 6.07) is 20.9. The SMILES string of the molecule is COc1ccc(Cl)cc1-n1c(SCC(=O)N2c3ccccc3C[C@H]2C)nnc1-c1cccc(Cl)c1. The van der Waals surface area contributed by atoms with Gasteiger partial charge in [0.15, 0.2) is 11.0 Å². The van der Waals surface area contributed by atoms with Gasteiger partial charge >= 0.3 is 0 Å². The summed E-state index contributed by atoms with van der Waals surface area (Å²) in [7, 11) is 1.60. The molecule has 0 saturated heterocycles. The normalized spacial score (nSPS) is 14.7. The quantitative estimate of drug-likeness (QED) is 0.276. The van der Waals surface area contributed by atoms with Crippen molar-refractivity contribution in [3.8, 4) is 22.8 Å². The first-order valence-electron chi connectivity index (χ1n) is 11.0. The molecule has 1 aromatic heterocycles. The van der Waals surface area contributed by atoms with Gasteiger partial charge in [-0.1, -0.05) is 65.3 Å². The molecule has 0 bridgehead atoms. The highest BCUT2D eigenvalue weighted by Crippen LogP contribution is 2.36. The maximum Gasteiger partial charge on any atom is 0.237 e. The molecule has 3 aromatic carbocycles. The molecule has 0 N–H and O–H groups in total. The third-order valence-corrected chi connectivity index (χ3v) is 7.28. The zero-order chi connectivity index (χ0) is 24.5. The van der Waals surface area contributed by atoms with E-state index in [1.807, 2.05) is 45.9 Å². The van der Waals surface area contributed by atoms with Crippen molar-refractivity contribution in [2.24, 2.45) is 0 Å². The van der Waals surface area contributed by atoms with Gasteiger partial charge < -0.3 is 9.64 Å². The second-order valence-corrected chi connectivity index (χ2v) is 10.0. The number of fused-ring (bicyclic) bond motifs is 1. The third-order valence-electron chi connectivity index (χ3n) is 5.90. The predicted molar refractivity (Wildman–Crippen MR) is 141 cm³/mol. The van der Waals surface area contributed by atoms with Crippen molar-refractivity contribution in [3.05, 3.63) is 82.3 Å². The van der Waals surface area contributed by atoms with Gasteiger partial charge in [0.2, 0.25) is 5.91 Å². The molecule has 1 aliphatic heterocycles. The first kappa shape index (κ1) is 23.7. The summed E-state index contributed by atoms with van der Waals surface area (Å²) >= 11 is 13.9. The first-order chi connectivity index (χ1) is 17.0. The van der Waals surface area contributed by atoms with Crippen LogP contribution < -0.4 is 9.64 Å². The fourth-order valence-electron chi connectivity index (χ4n) is 4.37. The topological polar surface area (TPSA) is 60.2 Å². The molecule has 1 aliphatic rings. The molecule has 4 aromatic rings. The summed E-state index contributed by atoms with van der Waals surface area (Å²) in [6.45, 7) is 2.07.